The Kier molecular flexibility index (Phi) is 5.20. The van der Waals surface area contributed by atoms with Gasteiger partial charge in [0, 0.05) is 10.5 Å². The summed E-state index contributed by atoms with van der Waals surface area (Å²) in [6.07, 6.45) is 1.05. The molecule has 1 atom stereocenters. The van der Waals surface area contributed by atoms with Gasteiger partial charge in [-0.05, 0) is 65.9 Å². The van der Waals surface area contributed by atoms with E-state index in [-0.39, 0.29) is 0 Å². The van der Waals surface area contributed by atoms with E-state index in [1.165, 1.54) is 26.7 Å². The molecule has 1 aromatic heterocycles. The number of nitrogens with one attached hydrogen (secondary N) is 1. The Morgan fingerprint density at radius 3 is 2.47 bits per heavy atom. The Labute approximate surface area is 128 Å². The van der Waals surface area contributed by atoms with Crippen LogP contribution < -0.4 is 5.32 Å². The van der Waals surface area contributed by atoms with Gasteiger partial charge in [0.2, 0.25) is 0 Å². The van der Waals surface area contributed by atoms with Crippen LogP contribution in [0.3, 0.4) is 0 Å². The van der Waals surface area contributed by atoms with Crippen molar-refractivity contribution in [2.45, 2.75) is 33.2 Å². The van der Waals surface area contributed by atoms with E-state index in [1.54, 1.807) is 11.3 Å². The summed E-state index contributed by atoms with van der Waals surface area (Å²) < 4.78 is 1.22. The average molecular weight is 338 g/mol. The van der Waals surface area contributed by atoms with Crippen LogP contribution in [-0.2, 0) is 6.42 Å². The monoisotopic (exact) mass is 337 g/mol. The molecule has 3 heteroatoms. The van der Waals surface area contributed by atoms with Gasteiger partial charge in [0.05, 0.1) is 0 Å². The lowest BCUT2D eigenvalue weighted by Crippen LogP contribution is -2.23. The zero-order chi connectivity index (χ0) is 13.8. The molecule has 1 heterocycles. The molecule has 0 amide bonds. The van der Waals surface area contributed by atoms with Crippen LogP contribution in [0.15, 0.2) is 33.4 Å². The number of hydrogen-bond donors (Lipinski definition) is 1. The van der Waals surface area contributed by atoms with E-state index in [0.29, 0.717) is 6.04 Å². The van der Waals surface area contributed by atoms with Crippen LogP contribution in [0.4, 0.5) is 0 Å². The van der Waals surface area contributed by atoms with Crippen molar-refractivity contribution in [1.82, 2.24) is 5.32 Å². The van der Waals surface area contributed by atoms with Crippen LogP contribution in [0.5, 0.6) is 0 Å². The van der Waals surface area contributed by atoms with Crippen LogP contribution in [0.1, 0.15) is 35.2 Å². The maximum atomic E-state index is 3.64. The molecule has 2 rings (SSSR count). The quantitative estimate of drug-likeness (QED) is 0.807. The van der Waals surface area contributed by atoms with E-state index >= 15 is 0 Å². The summed E-state index contributed by atoms with van der Waals surface area (Å²) in [5.41, 5.74) is 5.41. The highest BCUT2D eigenvalue weighted by Crippen LogP contribution is 2.27. The van der Waals surface area contributed by atoms with Crippen LogP contribution in [0.2, 0.25) is 0 Å². The third kappa shape index (κ3) is 3.68. The van der Waals surface area contributed by atoms with Crippen molar-refractivity contribution in [3.8, 4) is 0 Å². The standard InChI is InChI=1S/C16H20BrNS/c1-4-18-15(9-13-5-6-19-10-13)14-7-11(2)16(17)12(3)8-14/h5-8,10,15,18H,4,9H2,1-3H3. The SMILES string of the molecule is CCNC(Cc1ccsc1)c1cc(C)c(Br)c(C)c1. The van der Waals surface area contributed by atoms with Gasteiger partial charge in [-0.3, -0.25) is 0 Å². The van der Waals surface area contributed by atoms with Gasteiger partial charge < -0.3 is 5.32 Å². The number of halogens is 1. The summed E-state index contributed by atoms with van der Waals surface area (Å²) >= 11 is 5.41. The van der Waals surface area contributed by atoms with Crippen molar-refractivity contribution in [3.63, 3.8) is 0 Å². The summed E-state index contributed by atoms with van der Waals surface area (Å²) in [5.74, 6) is 0. The molecule has 1 aromatic carbocycles. The smallest absolute Gasteiger partial charge is 0.0361 e. The van der Waals surface area contributed by atoms with Gasteiger partial charge in [0.15, 0.2) is 0 Å². The molecule has 0 saturated heterocycles. The Morgan fingerprint density at radius 1 is 1.26 bits per heavy atom. The summed E-state index contributed by atoms with van der Waals surface area (Å²) in [4.78, 5) is 0. The molecule has 0 saturated carbocycles. The van der Waals surface area contributed by atoms with Crippen molar-refractivity contribution >= 4 is 27.3 Å². The maximum absolute atomic E-state index is 3.64. The third-order valence-corrected chi connectivity index (χ3v) is 5.31. The molecule has 0 fully saturated rings. The third-order valence-electron chi connectivity index (χ3n) is 3.33. The summed E-state index contributed by atoms with van der Waals surface area (Å²) in [6.45, 7) is 7.48. The topological polar surface area (TPSA) is 12.0 Å². The molecule has 1 N–H and O–H groups in total. The van der Waals surface area contributed by atoms with E-state index in [2.05, 4.69) is 71.0 Å². The predicted molar refractivity (Wildman–Crippen MR) is 88.1 cm³/mol. The molecule has 102 valence electrons. The zero-order valence-electron chi connectivity index (χ0n) is 11.7. The molecule has 1 unspecified atom stereocenters. The fourth-order valence-electron chi connectivity index (χ4n) is 2.38. The number of aryl methyl sites for hydroxylation is 2. The number of rotatable bonds is 5. The summed E-state index contributed by atoms with van der Waals surface area (Å²) in [7, 11) is 0. The molecule has 0 bridgehead atoms. The second kappa shape index (κ2) is 6.69. The lowest BCUT2D eigenvalue weighted by atomic mass is 9.97. The first-order valence-electron chi connectivity index (χ1n) is 6.63. The first kappa shape index (κ1) is 14.8. The lowest BCUT2D eigenvalue weighted by Gasteiger charge is -2.20. The van der Waals surface area contributed by atoms with Gasteiger partial charge in [-0.15, -0.1) is 0 Å². The van der Waals surface area contributed by atoms with Gasteiger partial charge >= 0.3 is 0 Å². The number of hydrogen-bond acceptors (Lipinski definition) is 2. The molecule has 0 aliphatic heterocycles. The van der Waals surface area contributed by atoms with Crippen LogP contribution in [-0.4, -0.2) is 6.54 Å². The summed E-state index contributed by atoms with van der Waals surface area (Å²) in [5, 5.41) is 7.99. The first-order valence-corrected chi connectivity index (χ1v) is 8.36. The molecule has 0 aliphatic carbocycles. The number of likely N-dealkylation sites (N-methyl/N-ethyl adjacent to an activating group) is 1. The molecular weight excluding hydrogens is 318 g/mol. The number of thiophene rings is 1. The zero-order valence-corrected chi connectivity index (χ0v) is 14.1. The van der Waals surface area contributed by atoms with E-state index in [1.807, 2.05) is 0 Å². The Bertz CT molecular complexity index is 511. The average Bonchev–Trinajstić information content (AvgIpc) is 2.88. The highest BCUT2D eigenvalue weighted by Gasteiger charge is 2.13. The molecule has 1 nitrogen and oxygen atoms in total. The highest BCUT2D eigenvalue weighted by atomic mass is 79.9. The van der Waals surface area contributed by atoms with Crippen molar-refractivity contribution in [3.05, 3.63) is 55.7 Å². The van der Waals surface area contributed by atoms with Gasteiger partial charge in [0.1, 0.15) is 0 Å². The Morgan fingerprint density at radius 2 is 1.95 bits per heavy atom. The van der Waals surface area contributed by atoms with E-state index < -0.39 is 0 Å². The van der Waals surface area contributed by atoms with Crippen LogP contribution in [0.25, 0.3) is 0 Å². The van der Waals surface area contributed by atoms with E-state index in [0.717, 1.165) is 13.0 Å². The Balaban J connectivity index is 2.28. The normalized spacial score (nSPS) is 12.6. The highest BCUT2D eigenvalue weighted by molar-refractivity contribution is 9.10. The first-order chi connectivity index (χ1) is 9.11. The molecule has 0 spiro atoms. The fraction of sp³-hybridized carbons (Fsp3) is 0.375. The van der Waals surface area contributed by atoms with Crippen molar-refractivity contribution in [2.75, 3.05) is 6.54 Å². The van der Waals surface area contributed by atoms with E-state index in [9.17, 15) is 0 Å². The lowest BCUT2D eigenvalue weighted by molar-refractivity contribution is 0.550. The van der Waals surface area contributed by atoms with Crippen molar-refractivity contribution in [1.29, 1.82) is 0 Å². The molecule has 0 aliphatic rings. The number of benzene rings is 1. The largest absolute Gasteiger partial charge is 0.310 e. The van der Waals surface area contributed by atoms with Gasteiger partial charge in [-0.2, -0.15) is 11.3 Å². The molecule has 19 heavy (non-hydrogen) atoms. The maximum Gasteiger partial charge on any atom is 0.0361 e. The molecular formula is C16H20BrNS. The van der Waals surface area contributed by atoms with Crippen molar-refractivity contribution in [2.24, 2.45) is 0 Å². The van der Waals surface area contributed by atoms with Gasteiger partial charge in [0.25, 0.3) is 0 Å². The summed E-state index contributed by atoms with van der Waals surface area (Å²) in [6, 6.07) is 7.19. The fourth-order valence-corrected chi connectivity index (χ4v) is 3.29. The minimum atomic E-state index is 0.394. The molecule has 0 radical (unpaired) electrons. The minimum Gasteiger partial charge on any atom is -0.310 e. The minimum absolute atomic E-state index is 0.394. The van der Waals surface area contributed by atoms with Crippen LogP contribution >= 0.6 is 27.3 Å². The molecule has 2 aromatic rings. The van der Waals surface area contributed by atoms with Crippen LogP contribution in [0, 0.1) is 13.8 Å². The predicted octanol–water partition coefficient (Wildman–Crippen LogP) is 5.02. The second-order valence-corrected chi connectivity index (χ2v) is 6.49. The second-order valence-electron chi connectivity index (χ2n) is 4.91. The Hall–Kier alpha value is -0.640. The van der Waals surface area contributed by atoms with E-state index in [4.69, 9.17) is 0 Å². The van der Waals surface area contributed by atoms with Crippen molar-refractivity contribution < 1.29 is 0 Å². The van der Waals surface area contributed by atoms with Gasteiger partial charge in [-0.1, -0.05) is 35.0 Å². The van der Waals surface area contributed by atoms with Gasteiger partial charge in [-0.25, -0.2) is 0 Å².